The van der Waals surface area contributed by atoms with Crippen LogP contribution in [0.25, 0.3) is 0 Å². The first-order chi connectivity index (χ1) is 11.6. The average Bonchev–Trinajstić information content (AvgIpc) is 2.51. The Kier molecular flexibility index (Phi) is 4.01. The van der Waals surface area contributed by atoms with Crippen molar-refractivity contribution in [2.24, 2.45) is 17.8 Å². The normalized spacial score (nSPS) is 50.4. The van der Waals surface area contributed by atoms with Crippen LogP contribution in [0, 0.1) is 17.8 Å². The summed E-state index contributed by atoms with van der Waals surface area (Å²) in [4.78, 5) is 0. The van der Waals surface area contributed by atoms with Gasteiger partial charge in [0.05, 0.1) is 17.3 Å². The highest BCUT2D eigenvalue weighted by molar-refractivity contribution is 5.15. The fourth-order valence-corrected chi connectivity index (χ4v) is 6.06. The number of alkyl halides is 3. The van der Waals surface area contributed by atoms with Crippen LogP contribution in [0.4, 0.5) is 13.2 Å². The number of rotatable bonds is 3. The Morgan fingerprint density at radius 1 is 1.16 bits per heavy atom. The molecule has 4 nitrogen and oxygen atoms in total. The minimum Gasteiger partial charge on any atom is -0.372 e. The Labute approximate surface area is 146 Å². The standard InChI is InChI=1S/C18H27F3O4/c1-3-11(2)25-15-6-12-4-13(7-15)16(14(5-12)8-15)9-17(22,18(19,20)21)24-10-23-16/h11-14,22H,3-10H2,1-2H3. The van der Waals surface area contributed by atoms with Crippen LogP contribution in [0.2, 0.25) is 0 Å². The molecule has 5 rings (SSSR count). The molecule has 4 unspecified atom stereocenters. The maximum Gasteiger partial charge on any atom is 0.443 e. The van der Waals surface area contributed by atoms with Gasteiger partial charge in [-0.1, -0.05) is 6.92 Å². The number of hydrogen-bond acceptors (Lipinski definition) is 4. The summed E-state index contributed by atoms with van der Waals surface area (Å²) in [5, 5.41) is 10.1. The van der Waals surface area contributed by atoms with Crippen LogP contribution in [0.15, 0.2) is 0 Å². The van der Waals surface area contributed by atoms with E-state index in [2.05, 4.69) is 18.6 Å². The number of hydrogen-bond donors (Lipinski definition) is 1. The zero-order valence-corrected chi connectivity index (χ0v) is 14.8. The quantitative estimate of drug-likeness (QED) is 0.828. The molecule has 1 N–H and O–H groups in total. The van der Waals surface area contributed by atoms with Gasteiger partial charge in [0.2, 0.25) is 0 Å². The van der Waals surface area contributed by atoms with E-state index in [1.54, 1.807) is 0 Å². The molecule has 144 valence electrons. The van der Waals surface area contributed by atoms with E-state index in [1.807, 2.05) is 0 Å². The lowest BCUT2D eigenvalue weighted by Crippen LogP contribution is -2.70. The molecule has 0 aromatic rings. The van der Waals surface area contributed by atoms with E-state index in [0.717, 1.165) is 38.5 Å². The van der Waals surface area contributed by atoms with E-state index < -0.39 is 30.8 Å². The zero-order chi connectivity index (χ0) is 18.1. The molecule has 0 amide bonds. The Hall–Kier alpha value is -0.370. The Balaban J connectivity index is 1.62. The highest BCUT2D eigenvalue weighted by atomic mass is 19.4. The molecule has 4 atom stereocenters. The molecule has 0 aromatic carbocycles. The van der Waals surface area contributed by atoms with Crippen molar-refractivity contribution in [2.75, 3.05) is 6.79 Å². The zero-order valence-electron chi connectivity index (χ0n) is 14.8. The topological polar surface area (TPSA) is 47.9 Å². The smallest absolute Gasteiger partial charge is 0.372 e. The van der Waals surface area contributed by atoms with Gasteiger partial charge in [0.15, 0.2) is 6.79 Å². The van der Waals surface area contributed by atoms with Crippen molar-refractivity contribution < 1.29 is 32.5 Å². The third-order valence-corrected chi connectivity index (χ3v) is 7.13. The molecule has 7 heteroatoms. The first-order valence-electron chi connectivity index (χ1n) is 9.36. The fraction of sp³-hybridized carbons (Fsp3) is 1.00. The average molecular weight is 364 g/mol. The van der Waals surface area contributed by atoms with Gasteiger partial charge in [0.25, 0.3) is 5.79 Å². The molecule has 1 heterocycles. The number of halogens is 3. The summed E-state index contributed by atoms with van der Waals surface area (Å²) < 4.78 is 57.0. The molecule has 4 saturated carbocycles. The third-order valence-electron chi connectivity index (χ3n) is 7.13. The lowest BCUT2D eigenvalue weighted by atomic mass is 9.47. The van der Waals surface area contributed by atoms with Crippen molar-refractivity contribution in [2.45, 2.75) is 88.1 Å². The number of aliphatic hydroxyl groups is 1. The SMILES string of the molecule is CCC(C)OC12CC3CC(C1)C1(CC(O)(C(F)(F)F)OCO1)C(C3)C2. The van der Waals surface area contributed by atoms with Gasteiger partial charge in [-0.25, -0.2) is 0 Å². The van der Waals surface area contributed by atoms with Crippen molar-refractivity contribution in [3.05, 3.63) is 0 Å². The van der Waals surface area contributed by atoms with Crippen LogP contribution < -0.4 is 0 Å². The van der Waals surface area contributed by atoms with Gasteiger partial charge < -0.3 is 19.3 Å². The number of ether oxygens (including phenoxy) is 3. The predicted molar refractivity (Wildman–Crippen MR) is 82.5 cm³/mol. The van der Waals surface area contributed by atoms with Crippen molar-refractivity contribution in [1.29, 1.82) is 0 Å². The lowest BCUT2D eigenvalue weighted by Gasteiger charge is -2.66. The summed E-state index contributed by atoms with van der Waals surface area (Å²) in [6.07, 6.45) is -0.113. The molecule has 1 spiro atoms. The van der Waals surface area contributed by atoms with E-state index in [1.165, 1.54) is 0 Å². The van der Waals surface area contributed by atoms with Crippen molar-refractivity contribution in [3.63, 3.8) is 0 Å². The summed E-state index contributed by atoms with van der Waals surface area (Å²) in [7, 11) is 0. The van der Waals surface area contributed by atoms with Crippen LogP contribution in [0.1, 0.15) is 58.8 Å². The van der Waals surface area contributed by atoms with Crippen molar-refractivity contribution in [3.8, 4) is 0 Å². The van der Waals surface area contributed by atoms with Crippen molar-refractivity contribution >= 4 is 0 Å². The van der Waals surface area contributed by atoms with Crippen molar-refractivity contribution in [1.82, 2.24) is 0 Å². The summed E-state index contributed by atoms with van der Waals surface area (Å²) in [6.45, 7) is 3.63. The fourth-order valence-electron chi connectivity index (χ4n) is 6.06. The van der Waals surface area contributed by atoms with Gasteiger partial charge in [0, 0.05) is 6.42 Å². The third kappa shape index (κ3) is 2.65. The minimum atomic E-state index is -4.82. The van der Waals surface area contributed by atoms with Gasteiger partial charge in [-0.05, 0) is 63.2 Å². The summed E-state index contributed by atoms with van der Waals surface area (Å²) in [5.74, 6) is -2.65. The molecule has 4 bridgehead atoms. The molecule has 25 heavy (non-hydrogen) atoms. The summed E-state index contributed by atoms with van der Waals surface area (Å²) in [5.41, 5.74) is -1.17. The second kappa shape index (κ2) is 5.57. The second-order valence-electron chi connectivity index (χ2n) is 8.68. The predicted octanol–water partition coefficient (Wildman–Crippen LogP) is 3.76. The first kappa shape index (κ1) is 18.0. The minimum absolute atomic E-state index is 0.0134. The maximum atomic E-state index is 13.4. The molecule has 5 aliphatic rings. The summed E-state index contributed by atoms with van der Waals surface area (Å²) >= 11 is 0. The van der Waals surface area contributed by atoms with Crippen LogP contribution in [-0.4, -0.2) is 41.2 Å². The Bertz CT molecular complexity index is 521. The highest BCUT2D eigenvalue weighted by Gasteiger charge is 2.70. The monoisotopic (exact) mass is 364 g/mol. The van der Waals surface area contributed by atoms with E-state index in [4.69, 9.17) is 9.47 Å². The van der Waals surface area contributed by atoms with Gasteiger partial charge in [-0.2, -0.15) is 13.2 Å². The molecule has 0 aromatic heterocycles. The van der Waals surface area contributed by atoms with E-state index >= 15 is 0 Å². The molecular formula is C18H27F3O4. The van der Waals surface area contributed by atoms with Gasteiger partial charge in [-0.3, -0.25) is 0 Å². The Morgan fingerprint density at radius 3 is 2.36 bits per heavy atom. The van der Waals surface area contributed by atoms with Crippen LogP contribution in [0.5, 0.6) is 0 Å². The molecule has 1 saturated heterocycles. The Morgan fingerprint density at radius 2 is 1.80 bits per heavy atom. The largest absolute Gasteiger partial charge is 0.443 e. The lowest BCUT2D eigenvalue weighted by molar-refractivity contribution is -0.445. The van der Waals surface area contributed by atoms with E-state index in [-0.39, 0.29) is 23.5 Å². The molecule has 0 radical (unpaired) electrons. The summed E-state index contributed by atoms with van der Waals surface area (Å²) in [6, 6.07) is 0. The van der Waals surface area contributed by atoms with Gasteiger partial charge in [0.1, 0.15) is 0 Å². The van der Waals surface area contributed by atoms with E-state index in [0.29, 0.717) is 5.92 Å². The molecule has 1 aliphatic heterocycles. The maximum absolute atomic E-state index is 13.4. The van der Waals surface area contributed by atoms with Crippen LogP contribution in [0.3, 0.4) is 0 Å². The molecular weight excluding hydrogens is 337 g/mol. The van der Waals surface area contributed by atoms with Crippen LogP contribution >= 0.6 is 0 Å². The van der Waals surface area contributed by atoms with E-state index in [9.17, 15) is 18.3 Å². The first-order valence-corrected chi connectivity index (χ1v) is 9.36. The highest BCUT2D eigenvalue weighted by Crippen LogP contribution is 2.65. The second-order valence-corrected chi connectivity index (χ2v) is 8.68. The molecule has 5 fully saturated rings. The van der Waals surface area contributed by atoms with Crippen LogP contribution in [-0.2, 0) is 14.2 Å². The molecule has 4 aliphatic carbocycles. The van der Waals surface area contributed by atoms with Gasteiger partial charge >= 0.3 is 6.18 Å². The van der Waals surface area contributed by atoms with Gasteiger partial charge in [-0.15, -0.1) is 0 Å².